The van der Waals surface area contributed by atoms with E-state index >= 15 is 0 Å². The van der Waals surface area contributed by atoms with Crippen LogP contribution in [-0.2, 0) is 17.5 Å². The van der Waals surface area contributed by atoms with Gasteiger partial charge in [0.1, 0.15) is 12.4 Å². The average Bonchev–Trinajstić information content (AvgIpc) is 3.13. The number of anilines is 1. The second-order valence-corrected chi connectivity index (χ2v) is 8.57. The summed E-state index contributed by atoms with van der Waals surface area (Å²) < 4.78 is 40.4. The van der Waals surface area contributed by atoms with Crippen LogP contribution in [0.1, 0.15) is 12.0 Å². The highest BCUT2D eigenvalue weighted by Gasteiger charge is 2.31. The number of carbonyl (C=O) groups is 1. The van der Waals surface area contributed by atoms with E-state index in [1.54, 1.807) is 17.0 Å². The Bertz CT molecular complexity index is 1390. The van der Waals surface area contributed by atoms with Gasteiger partial charge in [-0.05, 0) is 42.8 Å². The summed E-state index contributed by atoms with van der Waals surface area (Å²) in [6, 6.07) is 16.9. The van der Waals surface area contributed by atoms with Crippen molar-refractivity contribution < 1.29 is 18.0 Å². The predicted molar refractivity (Wildman–Crippen MR) is 128 cm³/mol. The van der Waals surface area contributed by atoms with Crippen LogP contribution in [0.4, 0.5) is 19.0 Å². The number of alkyl halides is 3. The fourth-order valence-electron chi connectivity index (χ4n) is 4.62. The molecule has 0 N–H and O–H groups in total. The first-order chi connectivity index (χ1) is 16.8. The van der Waals surface area contributed by atoms with Gasteiger partial charge in [-0.15, -0.1) is 0 Å². The van der Waals surface area contributed by atoms with Crippen molar-refractivity contribution in [2.24, 2.45) is 0 Å². The molecule has 180 valence electrons. The van der Waals surface area contributed by atoms with E-state index in [0.29, 0.717) is 60.2 Å². The van der Waals surface area contributed by atoms with Crippen molar-refractivity contribution in [2.45, 2.75) is 19.1 Å². The molecule has 3 heterocycles. The van der Waals surface area contributed by atoms with Crippen molar-refractivity contribution in [3.8, 4) is 0 Å². The van der Waals surface area contributed by atoms with E-state index in [0.717, 1.165) is 12.3 Å². The molecule has 0 saturated carbocycles. The third kappa shape index (κ3) is 4.45. The number of pyridine rings is 2. The van der Waals surface area contributed by atoms with Crippen molar-refractivity contribution in [3.05, 3.63) is 82.6 Å². The number of aromatic nitrogens is 2. The van der Waals surface area contributed by atoms with Gasteiger partial charge in [0.2, 0.25) is 5.91 Å². The number of hydrogen-bond donors (Lipinski definition) is 0. The molecule has 35 heavy (non-hydrogen) atoms. The zero-order valence-electron chi connectivity index (χ0n) is 18.8. The zero-order valence-corrected chi connectivity index (χ0v) is 18.8. The second kappa shape index (κ2) is 9.05. The Labute approximate surface area is 199 Å². The quantitative estimate of drug-likeness (QED) is 0.410. The van der Waals surface area contributed by atoms with Gasteiger partial charge in [0.15, 0.2) is 5.43 Å². The molecule has 2 aromatic carbocycles. The number of para-hydroxylation sites is 2. The molecule has 0 bridgehead atoms. The minimum absolute atomic E-state index is 0.0608. The highest BCUT2D eigenvalue weighted by atomic mass is 19.4. The number of hydrogen-bond acceptors (Lipinski definition) is 4. The van der Waals surface area contributed by atoms with Gasteiger partial charge in [0.05, 0.1) is 16.6 Å². The van der Waals surface area contributed by atoms with Crippen molar-refractivity contribution >= 4 is 33.5 Å². The van der Waals surface area contributed by atoms with Gasteiger partial charge in [-0.25, -0.2) is 4.98 Å². The number of rotatable bonds is 3. The molecule has 1 aliphatic rings. The molecule has 9 heteroatoms. The molecule has 0 radical (unpaired) electrons. The molecule has 6 nitrogen and oxygen atoms in total. The van der Waals surface area contributed by atoms with Crippen molar-refractivity contribution in [1.82, 2.24) is 14.5 Å². The van der Waals surface area contributed by atoms with Crippen LogP contribution in [0.2, 0.25) is 0 Å². The SMILES string of the molecule is O=C(Cn1c2ccccc2c(=O)c2ccccc21)N1CCCN(c2ccc(C(F)(F)F)cn2)CC1. The summed E-state index contributed by atoms with van der Waals surface area (Å²) in [4.78, 5) is 34.0. The molecule has 2 aromatic heterocycles. The Morgan fingerprint density at radius 1 is 0.857 bits per heavy atom. The summed E-state index contributed by atoms with van der Waals surface area (Å²) in [5.74, 6) is 0.385. The Balaban J connectivity index is 1.37. The smallest absolute Gasteiger partial charge is 0.355 e. The van der Waals surface area contributed by atoms with Crippen LogP contribution >= 0.6 is 0 Å². The first kappa shape index (κ1) is 22.9. The van der Waals surface area contributed by atoms with E-state index in [-0.39, 0.29) is 17.9 Å². The van der Waals surface area contributed by atoms with E-state index < -0.39 is 11.7 Å². The minimum atomic E-state index is -4.43. The second-order valence-electron chi connectivity index (χ2n) is 8.57. The highest BCUT2D eigenvalue weighted by molar-refractivity contribution is 5.94. The van der Waals surface area contributed by atoms with Gasteiger partial charge in [-0.3, -0.25) is 9.59 Å². The Kier molecular flexibility index (Phi) is 5.92. The van der Waals surface area contributed by atoms with Crippen LogP contribution in [-0.4, -0.2) is 46.5 Å². The molecule has 1 saturated heterocycles. The standard InChI is InChI=1S/C26H23F3N4O2/c27-26(28,29)18-10-11-23(30-16-18)31-12-5-13-32(15-14-31)24(34)17-33-21-8-3-1-6-19(21)25(35)20-7-2-4-9-22(20)33/h1-4,6-11,16H,5,12-15,17H2. The van der Waals surface area contributed by atoms with Crippen LogP contribution in [0, 0.1) is 0 Å². The third-order valence-electron chi connectivity index (χ3n) is 6.42. The lowest BCUT2D eigenvalue weighted by Crippen LogP contribution is -2.37. The van der Waals surface area contributed by atoms with Crippen LogP contribution in [0.3, 0.4) is 0 Å². The molecule has 0 atom stereocenters. The van der Waals surface area contributed by atoms with E-state index in [4.69, 9.17) is 0 Å². The number of amides is 1. The predicted octanol–water partition coefficient (Wildman–Crippen LogP) is 4.31. The molecular formula is C26H23F3N4O2. The van der Waals surface area contributed by atoms with E-state index in [2.05, 4.69) is 4.98 Å². The molecule has 1 aliphatic heterocycles. The van der Waals surface area contributed by atoms with E-state index in [1.165, 1.54) is 6.07 Å². The van der Waals surface area contributed by atoms with Crippen molar-refractivity contribution in [1.29, 1.82) is 0 Å². The first-order valence-corrected chi connectivity index (χ1v) is 11.4. The van der Waals surface area contributed by atoms with Gasteiger partial charge in [0, 0.05) is 43.1 Å². The number of halogens is 3. The third-order valence-corrected chi connectivity index (χ3v) is 6.42. The zero-order chi connectivity index (χ0) is 24.6. The van der Waals surface area contributed by atoms with Crippen LogP contribution < -0.4 is 10.3 Å². The van der Waals surface area contributed by atoms with Gasteiger partial charge >= 0.3 is 6.18 Å². The Hall–Kier alpha value is -3.88. The molecule has 5 rings (SSSR count). The maximum Gasteiger partial charge on any atom is 0.417 e. The van der Waals surface area contributed by atoms with E-state index in [1.807, 2.05) is 45.9 Å². The lowest BCUT2D eigenvalue weighted by atomic mass is 10.1. The average molecular weight is 480 g/mol. The molecule has 0 aliphatic carbocycles. The molecule has 4 aromatic rings. The fraction of sp³-hybridized carbons (Fsp3) is 0.269. The number of fused-ring (bicyclic) bond motifs is 2. The van der Waals surface area contributed by atoms with Crippen molar-refractivity contribution in [2.75, 3.05) is 31.1 Å². The monoisotopic (exact) mass is 480 g/mol. The van der Waals surface area contributed by atoms with Gasteiger partial charge < -0.3 is 14.4 Å². The summed E-state index contributed by atoms with van der Waals surface area (Å²) in [6.07, 6.45) is -2.92. The largest absolute Gasteiger partial charge is 0.417 e. The summed E-state index contributed by atoms with van der Waals surface area (Å²) >= 11 is 0. The topological polar surface area (TPSA) is 58.4 Å². The Morgan fingerprint density at radius 3 is 2.11 bits per heavy atom. The lowest BCUT2D eigenvalue weighted by Gasteiger charge is -2.24. The summed E-state index contributed by atoms with van der Waals surface area (Å²) in [7, 11) is 0. The lowest BCUT2D eigenvalue weighted by molar-refractivity contribution is -0.137. The summed E-state index contributed by atoms with van der Waals surface area (Å²) in [5, 5.41) is 1.13. The van der Waals surface area contributed by atoms with Crippen LogP contribution in [0.25, 0.3) is 21.8 Å². The first-order valence-electron chi connectivity index (χ1n) is 11.4. The normalized spacial score (nSPS) is 14.9. The minimum Gasteiger partial charge on any atom is -0.355 e. The number of carbonyl (C=O) groups excluding carboxylic acids is 1. The summed E-state index contributed by atoms with van der Waals surface area (Å²) in [6.45, 7) is 2.10. The molecule has 0 spiro atoms. The summed E-state index contributed by atoms with van der Waals surface area (Å²) in [5.41, 5.74) is 0.563. The van der Waals surface area contributed by atoms with Gasteiger partial charge in [-0.1, -0.05) is 24.3 Å². The molecule has 1 amide bonds. The van der Waals surface area contributed by atoms with Crippen molar-refractivity contribution in [3.63, 3.8) is 0 Å². The fourth-order valence-corrected chi connectivity index (χ4v) is 4.62. The van der Waals surface area contributed by atoms with Gasteiger partial charge in [-0.2, -0.15) is 13.2 Å². The maximum absolute atomic E-state index is 13.4. The molecular weight excluding hydrogens is 457 g/mol. The van der Waals surface area contributed by atoms with Crippen LogP contribution in [0.5, 0.6) is 0 Å². The number of benzene rings is 2. The Morgan fingerprint density at radius 2 is 1.51 bits per heavy atom. The number of nitrogens with zero attached hydrogens (tertiary/aromatic N) is 4. The van der Waals surface area contributed by atoms with Gasteiger partial charge in [0.25, 0.3) is 0 Å². The molecule has 1 fully saturated rings. The highest BCUT2D eigenvalue weighted by Crippen LogP contribution is 2.29. The van der Waals surface area contributed by atoms with E-state index in [9.17, 15) is 22.8 Å². The molecule has 0 unspecified atom stereocenters. The van der Waals surface area contributed by atoms with Crippen LogP contribution in [0.15, 0.2) is 71.7 Å². The maximum atomic E-state index is 13.4.